The highest BCUT2D eigenvalue weighted by molar-refractivity contribution is 5.94. The van der Waals surface area contributed by atoms with Crippen LogP contribution in [0.15, 0.2) is 30.3 Å². The Hall–Kier alpha value is -2.80. The lowest BCUT2D eigenvalue weighted by molar-refractivity contribution is -0.122. The van der Waals surface area contributed by atoms with Crippen molar-refractivity contribution in [2.75, 3.05) is 26.2 Å². The summed E-state index contributed by atoms with van der Waals surface area (Å²) in [5.74, 6) is 0.943. The minimum absolute atomic E-state index is 0.156. The van der Waals surface area contributed by atoms with Gasteiger partial charge in [0.15, 0.2) is 0 Å². The predicted molar refractivity (Wildman–Crippen MR) is 115 cm³/mol. The highest BCUT2D eigenvalue weighted by Crippen LogP contribution is 2.23. The van der Waals surface area contributed by atoms with Gasteiger partial charge in [0.05, 0.1) is 5.69 Å². The molecule has 0 saturated carbocycles. The Morgan fingerprint density at radius 3 is 2.57 bits per heavy atom. The number of aryl methyl sites for hydroxylation is 2. The standard InChI is InChI=1S/C22H28N4O.CH2O2/c1-3-19-14-21(24-16(2)23-19)17-7-9-18(10-8-17)22(27)26-13-5-12-25-11-4-6-20(25)15-26;2-1-3/h7-10,14,20H,3-6,11-13,15H2,1-2H3;1H,(H,2,3)/t20-;/m0./s1. The van der Waals surface area contributed by atoms with Crippen LogP contribution in [-0.2, 0) is 11.2 Å². The van der Waals surface area contributed by atoms with Crippen LogP contribution in [0.25, 0.3) is 11.3 Å². The average molecular weight is 411 g/mol. The molecule has 4 rings (SSSR count). The van der Waals surface area contributed by atoms with E-state index in [0.717, 1.165) is 60.8 Å². The zero-order valence-corrected chi connectivity index (χ0v) is 17.8. The number of amides is 1. The largest absolute Gasteiger partial charge is 0.483 e. The Morgan fingerprint density at radius 1 is 1.17 bits per heavy atom. The normalized spacial score (nSPS) is 18.7. The summed E-state index contributed by atoms with van der Waals surface area (Å²) in [7, 11) is 0. The van der Waals surface area contributed by atoms with Crippen LogP contribution in [-0.4, -0.2) is 69.5 Å². The van der Waals surface area contributed by atoms with E-state index >= 15 is 0 Å². The van der Waals surface area contributed by atoms with Gasteiger partial charge in [0.2, 0.25) is 0 Å². The Bertz CT molecular complexity index is 869. The topological polar surface area (TPSA) is 86.6 Å². The number of hydrogen-bond donors (Lipinski definition) is 1. The van der Waals surface area contributed by atoms with E-state index in [1.54, 1.807) is 0 Å². The summed E-state index contributed by atoms with van der Waals surface area (Å²) in [6.07, 6.45) is 4.44. The molecule has 0 aliphatic carbocycles. The zero-order chi connectivity index (χ0) is 21.5. The Labute approximate surface area is 177 Å². The van der Waals surface area contributed by atoms with Crippen molar-refractivity contribution in [3.8, 4) is 11.3 Å². The van der Waals surface area contributed by atoms with Crippen molar-refractivity contribution in [2.45, 2.75) is 45.6 Å². The quantitative estimate of drug-likeness (QED) is 0.783. The molecule has 1 amide bonds. The van der Waals surface area contributed by atoms with E-state index in [1.165, 1.54) is 19.4 Å². The molecule has 2 fully saturated rings. The fraction of sp³-hybridized carbons (Fsp3) is 0.478. The summed E-state index contributed by atoms with van der Waals surface area (Å²) < 4.78 is 0. The van der Waals surface area contributed by atoms with Gasteiger partial charge in [0, 0.05) is 42.5 Å². The second-order valence-corrected chi connectivity index (χ2v) is 7.76. The molecule has 1 atom stereocenters. The van der Waals surface area contributed by atoms with Crippen LogP contribution in [0.1, 0.15) is 48.1 Å². The van der Waals surface area contributed by atoms with Crippen LogP contribution in [0.3, 0.4) is 0 Å². The molecule has 0 unspecified atom stereocenters. The van der Waals surface area contributed by atoms with E-state index in [2.05, 4.69) is 26.7 Å². The first-order valence-electron chi connectivity index (χ1n) is 10.6. The third kappa shape index (κ3) is 5.21. The lowest BCUT2D eigenvalue weighted by atomic mass is 10.1. The monoisotopic (exact) mass is 410 g/mol. The first-order valence-corrected chi connectivity index (χ1v) is 10.6. The van der Waals surface area contributed by atoms with Gasteiger partial charge in [0.25, 0.3) is 12.4 Å². The van der Waals surface area contributed by atoms with Gasteiger partial charge < -0.3 is 10.0 Å². The maximum atomic E-state index is 13.0. The van der Waals surface area contributed by atoms with Crippen LogP contribution in [0.2, 0.25) is 0 Å². The molecule has 7 heteroatoms. The van der Waals surface area contributed by atoms with E-state index in [1.807, 2.05) is 37.3 Å². The summed E-state index contributed by atoms with van der Waals surface area (Å²) in [4.78, 5) is 35.0. The maximum absolute atomic E-state index is 13.0. The molecule has 2 saturated heterocycles. The van der Waals surface area contributed by atoms with Gasteiger partial charge in [-0.3, -0.25) is 14.5 Å². The van der Waals surface area contributed by atoms with Gasteiger partial charge in [-0.05, 0) is 57.4 Å². The lowest BCUT2D eigenvalue weighted by Gasteiger charge is -2.25. The maximum Gasteiger partial charge on any atom is 0.290 e. The molecule has 1 N–H and O–H groups in total. The van der Waals surface area contributed by atoms with Crippen molar-refractivity contribution in [1.29, 1.82) is 0 Å². The van der Waals surface area contributed by atoms with E-state index in [4.69, 9.17) is 9.90 Å². The van der Waals surface area contributed by atoms with Gasteiger partial charge in [0.1, 0.15) is 5.82 Å². The summed E-state index contributed by atoms with van der Waals surface area (Å²) in [5, 5.41) is 6.89. The van der Waals surface area contributed by atoms with Crippen molar-refractivity contribution >= 4 is 12.4 Å². The minimum atomic E-state index is -0.250. The molecule has 30 heavy (non-hydrogen) atoms. The number of hydrogen-bond acceptors (Lipinski definition) is 5. The number of carboxylic acid groups (broad SMARTS) is 1. The summed E-state index contributed by atoms with van der Waals surface area (Å²) >= 11 is 0. The highest BCUT2D eigenvalue weighted by Gasteiger charge is 2.30. The number of fused-ring (bicyclic) bond motifs is 1. The molecule has 2 aliphatic heterocycles. The molecule has 1 aromatic carbocycles. The Morgan fingerprint density at radius 2 is 1.87 bits per heavy atom. The molecule has 160 valence electrons. The van der Waals surface area contributed by atoms with Crippen molar-refractivity contribution in [2.24, 2.45) is 0 Å². The van der Waals surface area contributed by atoms with E-state index in [0.29, 0.717) is 6.04 Å². The summed E-state index contributed by atoms with van der Waals surface area (Å²) in [6.45, 7) is 7.82. The molecule has 1 aromatic heterocycles. The molecule has 2 aliphatic rings. The molecule has 7 nitrogen and oxygen atoms in total. The minimum Gasteiger partial charge on any atom is -0.483 e. The third-order valence-electron chi connectivity index (χ3n) is 5.77. The van der Waals surface area contributed by atoms with E-state index < -0.39 is 0 Å². The predicted octanol–water partition coefficient (Wildman–Crippen LogP) is 3.03. The first kappa shape index (κ1) is 21.9. The molecular weight excluding hydrogens is 380 g/mol. The van der Waals surface area contributed by atoms with Crippen LogP contribution in [0.4, 0.5) is 0 Å². The van der Waals surface area contributed by atoms with Crippen LogP contribution in [0, 0.1) is 6.92 Å². The Balaban J connectivity index is 0.000000806. The molecule has 0 spiro atoms. The second-order valence-electron chi connectivity index (χ2n) is 7.76. The van der Waals surface area contributed by atoms with Crippen molar-refractivity contribution in [3.05, 3.63) is 47.4 Å². The third-order valence-corrected chi connectivity index (χ3v) is 5.77. The smallest absolute Gasteiger partial charge is 0.290 e. The molecule has 3 heterocycles. The highest BCUT2D eigenvalue weighted by atomic mass is 16.3. The van der Waals surface area contributed by atoms with Gasteiger partial charge in [-0.2, -0.15) is 0 Å². The number of rotatable bonds is 3. The Kier molecular flexibility index (Phi) is 7.52. The van der Waals surface area contributed by atoms with Gasteiger partial charge >= 0.3 is 0 Å². The SMILES string of the molecule is CCc1cc(-c2ccc(C(=O)N3CCCN4CCC[C@H]4C3)cc2)nc(C)n1.O=CO. The van der Waals surface area contributed by atoms with Gasteiger partial charge in [-0.1, -0.05) is 19.1 Å². The van der Waals surface area contributed by atoms with E-state index in [9.17, 15) is 4.79 Å². The van der Waals surface area contributed by atoms with Crippen molar-refractivity contribution in [1.82, 2.24) is 19.8 Å². The molecule has 2 aromatic rings. The number of benzene rings is 1. The van der Waals surface area contributed by atoms with Crippen LogP contribution in [0.5, 0.6) is 0 Å². The van der Waals surface area contributed by atoms with Gasteiger partial charge in [-0.15, -0.1) is 0 Å². The number of carbonyl (C=O) groups excluding carboxylic acids is 1. The molecule has 0 radical (unpaired) electrons. The van der Waals surface area contributed by atoms with Gasteiger partial charge in [-0.25, -0.2) is 9.97 Å². The summed E-state index contributed by atoms with van der Waals surface area (Å²) in [5.41, 5.74) is 3.77. The average Bonchev–Trinajstić information content (AvgIpc) is 3.10. The second kappa shape index (κ2) is 10.3. The van der Waals surface area contributed by atoms with Crippen molar-refractivity contribution < 1.29 is 14.7 Å². The fourth-order valence-corrected chi connectivity index (χ4v) is 4.32. The van der Waals surface area contributed by atoms with Crippen LogP contribution < -0.4 is 0 Å². The number of carbonyl (C=O) groups is 2. The summed E-state index contributed by atoms with van der Waals surface area (Å²) in [6, 6.07) is 10.5. The first-order chi connectivity index (χ1) is 14.5. The number of aromatic nitrogens is 2. The number of nitrogens with zero attached hydrogens (tertiary/aromatic N) is 4. The molecular formula is C23H30N4O3. The lowest BCUT2D eigenvalue weighted by Crippen LogP contribution is -2.39. The van der Waals surface area contributed by atoms with E-state index in [-0.39, 0.29) is 12.4 Å². The fourth-order valence-electron chi connectivity index (χ4n) is 4.32. The molecule has 0 bridgehead atoms. The van der Waals surface area contributed by atoms with Crippen molar-refractivity contribution in [3.63, 3.8) is 0 Å². The zero-order valence-electron chi connectivity index (χ0n) is 17.8. The van der Waals surface area contributed by atoms with Crippen LogP contribution >= 0.6 is 0 Å².